The molecule has 0 bridgehead atoms. The van der Waals surface area contributed by atoms with Crippen molar-refractivity contribution in [1.29, 1.82) is 0 Å². The van der Waals surface area contributed by atoms with Crippen LogP contribution in [0.5, 0.6) is 0 Å². The van der Waals surface area contributed by atoms with E-state index in [-0.39, 0.29) is 6.10 Å². The van der Waals surface area contributed by atoms with Gasteiger partial charge in [0.25, 0.3) is 0 Å². The number of ether oxygens (including phenoxy) is 1. The van der Waals surface area contributed by atoms with Crippen molar-refractivity contribution in [3.63, 3.8) is 0 Å². The van der Waals surface area contributed by atoms with Gasteiger partial charge < -0.3 is 4.74 Å². The minimum Gasteiger partial charge on any atom is -0.446 e. The average Bonchev–Trinajstić information content (AvgIpc) is 2.17. The Labute approximate surface area is 101 Å². The summed E-state index contributed by atoms with van der Waals surface area (Å²) < 4.78 is 17.1. The molecule has 1 amide bonds. The van der Waals surface area contributed by atoms with Crippen LogP contribution >= 0.6 is 10.7 Å². The highest BCUT2D eigenvalue weighted by Crippen LogP contribution is 2.18. The number of hydrogen-bond acceptors (Lipinski definition) is 3. The number of amides is 1. The van der Waals surface area contributed by atoms with Crippen LogP contribution in [-0.2, 0) is 14.9 Å². The van der Waals surface area contributed by atoms with Gasteiger partial charge in [-0.1, -0.05) is 18.2 Å². The Morgan fingerprint density at radius 1 is 1.38 bits per heavy atom. The first-order chi connectivity index (χ1) is 7.52. The third-order valence-corrected chi connectivity index (χ3v) is 2.70. The lowest BCUT2D eigenvalue weighted by molar-refractivity contribution is 0.126. The van der Waals surface area contributed by atoms with E-state index in [2.05, 4.69) is 0 Å². The Morgan fingerprint density at radius 3 is 2.38 bits per heavy atom. The fraction of sp³-hybridized carbons (Fsp3) is 0.300. The molecule has 0 aliphatic carbocycles. The number of rotatable bonds is 3. The highest BCUT2D eigenvalue weighted by atomic mass is 35.7. The number of anilines is 1. The Balaban J connectivity index is 2.92. The Hall–Kier alpha value is -1.07. The zero-order chi connectivity index (χ0) is 12.1. The molecule has 0 heterocycles. The van der Waals surface area contributed by atoms with Gasteiger partial charge >= 0.3 is 6.09 Å². The van der Waals surface area contributed by atoms with Crippen molar-refractivity contribution in [3.05, 3.63) is 30.3 Å². The van der Waals surface area contributed by atoms with E-state index in [9.17, 15) is 9.00 Å². The first-order valence-electron chi connectivity index (χ1n) is 4.66. The number of nitrogens with zero attached hydrogens (tertiary/aromatic N) is 1. The molecule has 0 N–H and O–H groups in total. The van der Waals surface area contributed by atoms with E-state index >= 15 is 0 Å². The second kappa shape index (κ2) is 5.86. The van der Waals surface area contributed by atoms with E-state index in [1.54, 1.807) is 44.2 Å². The van der Waals surface area contributed by atoms with Crippen LogP contribution in [0.4, 0.5) is 10.5 Å². The maximum atomic E-state index is 11.6. The van der Waals surface area contributed by atoms with Crippen LogP contribution in [0.2, 0.25) is 0 Å². The molecule has 1 unspecified atom stereocenters. The number of benzene rings is 1. The summed E-state index contributed by atoms with van der Waals surface area (Å²) in [5.74, 6) is 0. The topological polar surface area (TPSA) is 46.6 Å². The molecular weight excluding hydrogens is 250 g/mol. The van der Waals surface area contributed by atoms with Gasteiger partial charge in [-0.05, 0) is 26.0 Å². The van der Waals surface area contributed by atoms with Crippen LogP contribution in [0, 0.1) is 0 Å². The monoisotopic (exact) mass is 261 g/mol. The van der Waals surface area contributed by atoms with Crippen molar-refractivity contribution in [2.45, 2.75) is 20.0 Å². The quantitative estimate of drug-likeness (QED) is 0.786. The fourth-order valence-electron chi connectivity index (χ4n) is 1.06. The molecule has 0 saturated carbocycles. The van der Waals surface area contributed by atoms with Gasteiger partial charge in [-0.25, -0.2) is 9.00 Å². The molecule has 0 spiro atoms. The van der Waals surface area contributed by atoms with E-state index in [1.165, 1.54) is 0 Å². The van der Waals surface area contributed by atoms with E-state index < -0.39 is 16.3 Å². The van der Waals surface area contributed by atoms with Gasteiger partial charge in [0.1, 0.15) is 0 Å². The molecule has 88 valence electrons. The Bertz CT molecular complexity index is 383. The Morgan fingerprint density at radius 2 is 1.94 bits per heavy atom. The third-order valence-electron chi connectivity index (χ3n) is 1.64. The lowest BCUT2D eigenvalue weighted by Crippen LogP contribution is -2.32. The zero-order valence-corrected chi connectivity index (χ0v) is 10.5. The molecule has 0 fully saturated rings. The van der Waals surface area contributed by atoms with Gasteiger partial charge in [-0.15, -0.1) is 0 Å². The first-order valence-corrected chi connectivity index (χ1v) is 6.59. The summed E-state index contributed by atoms with van der Waals surface area (Å²) in [4.78, 5) is 11.6. The molecule has 1 aromatic carbocycles. The van der Waals surface area contributed by atoms with Gasteiger partial charge in [0, 0.05) is 10.7 Å². The average molecular weight is 262 g/mol. The maximum Gasteiger partial charge on any atom is 0.427 e. The number of carbonyl (C=O) groups is 1. The van der Waals surface area contributed by atoms with Crippen molar-refractivity contribution >= 4 is 32.7 Å². The predicted octanol–water partition coefficient (Wildman–Crippen LogP) is 2.86. The normalized spacial score (nSPS) is 12.2. The van der Waals surface area contributed by atoms with Crippen LogP contribution in [-0.4, -0.2) is 16.4 Å². The molecular formula is C10H12ClNO3S. The second-order valence-corrected chi connectivity index (χ2v) is 4.84. The van der Waals surface area contributed by atoms with Crippen LogP contribution in [0.15, 0.2) is 30.3 Å². The smallest absolute Gasteiger partial charge is 0.427 e. The second-order valence-electron chi connectivity index (χ2n) is 3.27. The fourth-order valence-corrected chi connectivity index (χ4v) is 1.92. The number of para-hydroxylation sites is 1. The van der Waals surface area contributed by atoms with E-state index in [1.807, 2.05) is 0 Å². The molecule has 1 rings (SSSR count). The predicted molar refractivity (Wildman–Crippen MR) is 64.5 cm³/mol. The third kappa shape index (κ3) is 3.50. The summed E-state index contributed by atoms with van der Waals surface area (Å²) >= 11 is 0. The van der Waals surface area contributed by atoms with Crippen LogP contribution in [0.25, 0.3) is 0 Å². The largest absolute Gasteiger partial charge is 0.446 e. The van der Waals surface area contributed by atoms with Crippen LogP contribution in [0.3, 0.4) is 0 Å². The molecule has 0 radical (unpaired) electrons. The van der Waals surface area contributed by atoms with Gasteiger partial charge in [0.2, 0.25) is 10.2 Å². The van der Waals surface area contributed by atoms with Gasteiger partial charge in [-0.3, -0.25) is 0 Å². The summed E-state index contributed by atoms with van der Waals surface area (Å²) in [5, 5.41) is 0. The summed E-state index contributed by atoms with van der Waals surface area (Å²) in [6.07, 6.45) is -1.02. The SMILES string of the molecule is CC(C)OC(=O)N(c1ccccc1)S(=O)Cl. The summed E-state index contributed by atoms with van der Waals surface area (Å²) in [6.45, 7) is 3.41. The molecule has 1 atom stereocenters. The molecule has 0 saturated heterocycles. The highest BCUT2D eigenvalue weighted by Gasteiger charge is 2.23. The maximum absolute atomic E-state index is 11.6. The summed E-state index contributed by atoms with van der Waals surface area (Å²) in [5.41, 5.74) is 0.432. The molecule has 6 heteroatoms. The van der Waals surface area contributed by atoms with E-state index in [0.29, 0.717) is 5.69 Å². The molecule has 4 nitrogen and oxygen atoms in total. The van der Waals surface area contributed by atoms with Crippen molar-refractivity contribution in [1.82, 2.24) is 0 Å². The molecule has 0 aliphatic rings. The van der Waals surface area contributed by atoms with Crippen molar-refractivity contribution in [2.75, 3.05) is 4.31 Å². The summed E-state index contributed by atoms with van der Waals surface area (Å²) in [7, 11) is 3.48. The zero-order valence-electron chi connectivity index (χ0n) is 8.92. The van der Waals surface area contributed by atoms with E-state index in [4.69, 9.17) is 15.4 Å². The number of hydrogen-bond donors (Lipinski definition) is 0. The van der Waals surface area contributed by atoms with Gasteiger partial charge in [0.15, 0.2) is 0 Å². The molecule has 1 aromatic rings. The number of halogens is 1. The van der Waals surface area contributed by atoms with Crippen LogP contribution < -0.4 is 4.31 Å². The van der Waals surface area contributed by atoms with Crippen molar-refractivity contribution in [3.8, 4) is 0 Å². The highest BCUT2D eigenvalue weighted by molar-refractivity contribution is 8.09. The lowest BCUT2D eigenvalue weighted by atomic mass is 10.3. The van der Waals surface area contributed by atoms with Gasteiger partial charge in [-0.2, -0.15) is 4.31 Å². The minimum absolute atomic E-state index is 0.293. The minimum atomic E-state index is -1.97. The first kappa shape index (κ1) is 13.0. The summed E-state index contributed by atoms with van der Waals surface area (Å²) in [6, 6.07) is 8.47. The Kier molecular flexibility index (Phi) is 4.76. The van der Waals surface area contributed by atoms with Crippen molar-refractivity contribution < 1.29 is 13.7 Å². The molecule has 0 aliphatic heterocycles. The molecule has 0 aromatic heterocycles. The van der Waals surface area contributed by atoms with E-state index in [0.717, 1.165) is 4.31 Å². The standard InChI is InChI=1S/C10H12ClNO3S/c1-8(2)15-10(13)12(16(11)14)9-6-4-3-5-7-9/h3-8H,1-2H3. The van der Waals surface area contributed by atoms with Crippen LogP contribution in [0.1, 0.15) is 13.8 Å². The van der Waals surface area contributed by atoms with Gasteiger partial charge in [0.05, 0.1) is 11.8 Å². The number of carbonyl (C=O) groups excluding carboxylic acids is 1. The van der Waals surface area contributed by atoms with Crippen molar-refractivity contribution in [2.24, 2.45) is 0 Å². The molecule has 16 heavy (non-hydrogen) atoms. The lowest BCUT2D eigenvalue weighted by Gasteiger charge is -2.18.